The predicted molar refractivity (Wildman–Crippen MR) is 121 cm³/mol. The summed E-state index contributed by atoms with van der Waals surface area (Å²) in [4.78, 5) is 31.6. The summed E-state index contributed by atoms with van der Waals surface area (Å²) in [6.07, 6.45) is 6.68. The van der Waals surface area contributed by atoms with Gasteiger partial charge < -0.3 is 14.6 Å². The van der Waals surface area contributed by atoms with Crippen molar-refractivity contribution in [3.8, 4) is 5.75 Å². The molecule has 0 atom stereocenters. The van der Waals surface area contributed by atoms with Crippen molar-refractivity contribution in [3.63, 3.8) is 0 Å². The SMILES string of the molecule is C=Cc1cc(C)cc(C2(Cc3nc(=O)c(O)c4n3CCN(C(C)C)C4=O)CCCC2)c1. The molecule has 6 nitrogen and oxygen atoms in total. The monoisotopic (exact) mass is 421 g/mol. The summed E-state index contributed by atoms with van der Waals surface area (Å²) in [6.45, 7) is 11.0. The molecule has 0 bridgehead atoms. The zero-order valence-corrected chi connectivity index (χ0v) is 18.6. The van der Waals surface area contributed by atoms with Crippen LogP contribution >= 0.6 is 0 Å². The van der Waals surface area contributed by atoms with Crippen LogP contribution in [0.4, 0.5) is 0 Å². The first-order valence-electron chi connectivity index (χ1n) is 11.1. The minimum Gasteiger partial charge on any atom is -0.501 e. The fourth-order valence-corrected chi connectivity index (χ4v) is 5.28. The highest BCUT2D eigenvalue weighted by atomic mass is 16.3. The third kappa shape index (κ3) is 3.68. The predicted octanol–water partition coefficient (Wildman–Crippen LogP) is 3.82. The Hall–Kier alpha value is -2.89. The number of nitrogens with zero attached hydrogens (tertiary/aromatic N) is 3. The minimum absolute atomic E-state index is 0.00170. The van der Waals surface area contributed by atoms with E-state index < -0.39 is 11.3 Å². The maximum atomic E-state index is 13.1. The lowest BCUT2D eigenvalue weighted by atomic mass is 9.75. The molecule has 1 aliphatic heterocycles. The molecule has 1 aromatic carbocycles. The molecule has 2 aromatic rings. The van der Waals surface area contributed by atoms with E-state index in [0.29, 0.717) is 25.3 Å². The van der Waals surface area contributed by atoms with Crippen LogP contribution in [0.3, 0.4) is 0 Å². The number of aromatic hydroxyl groups is 1. The van der Waals surface area contributed by atoms with E-state index in [0.717, 1.165) is 31.2 Å². The van der Waals surface area contributed by atoms with Gasteiger partial charge in [0, 0.05) is 31.0 Å². The number of hydrogen-bond acceptors (Lipinski definition) is 4. The van der Waals surface area contributed by atoms with Gasteiger partial charge in [0.15, 0.2) is 5.69 Å². The van der Waals surface area contributed by atoms with Crippen molar-refractivity contribution in [1.29, 1.82) is 0 Å². The van der Waals surface area contributed by atoms with Gasteiger partial charge in [0.25, 0.3) is 5.91 Å². The topological polar surface area (TPSA) is 75.4 Å². The van der Waals surface area contributed by atoms with E-state index >= 15 is 0 Å². The molecule has 164 valence electrons. The standard InChI is InChI=1S/C25H31N3O3/c1-5-18-12-17(4)13-19(14-18)25(8-6-7-9-25)15-20-26-23(30)22(29)21-24(31)27(16(2)3)10-11-28(20)21/h5,12-14,16,29H,1,6-11,15H2,2-4H3. The first-order chi connectivity index (χ1) is 14.8. The van der Waals surface area contributed by atoms with Gasteiger partial charge in [0.05, 0.1) is 0 Å². The van der Waals surface area contributed by atoms with E-state index in [1.54, 1.807) is 9.47 Å². The normalized spacial score (nSPS) is 17.8. The molecule has 1 N–H and O–H groups in total. The van der Waals surface area contributed by atoms with Gasteiger partial charge in [-0.2, -0.15) is 4.98 Å². The van der Waals surface area contributed by atoms with Gasteiger partial charge in [0.2, 0.25) is 5.75 Å². The van der Waals surface area contributed by atoms with Crippen LogP contribution in [0.2, 0.25) is 0 Å². The lowest BCUT2D eigenvalue weighted by Crippen LogP contribution is -2.46. The molecule has 0 saturated heterocycles. The minimum atomic E-state index is -0.718. The Morgan fingerprint density at radius 1 is 1.19 bits per heavy atom. The number of carbonyl (C=O) groups excluding carboxylic acids is 1. The average Bonchev–Trinajstić information content (AvgIpc) is 3.20. The van der Waals surface area contributed by atoms with Crippen molar-refractivity contribution in [2.75, 3.05) is 6.54 Å². The molecule has 1 aromatic heterocycles. The number of benzene rings is 1. The smallest absolute Gasteiger partial charge is 0.315 e. The Bertz CT molecular complexity index is 1090. The highest BCUT2D eigenvalue weighted by Gasteiger charge is 2.39. The van der Waals surface area contributed by atoms with Crippen LogP contribution in [-0.2, 0) is 18.4 Å². The third-order valence-electron chi connectivity index (χ3n) is 6.90. The largest absolute Gasteiger partial charge is 0.501 e. The van der Waals surface area contributed by atoms with Crippen molar-refractivity contribution in [1.82, 2.24) is 14.5 Å². The van der Waals surface area contributed by atoms with Gasteiger partial charge in [-0.1, -0.05) is 49.3 Å². The van der Waals surface area contributed by atoms with Gasteiger partial charge in [-0.05, 0) is 44.7 Å². The van der Waals surface area contributed by atoms with E-state index in [9.17, 15) is 14.7 Å². The van der Waals surface area contributed by atoms with Gasteiger partial charge in [-0.25, -0.2) is 0 Å². The molecule has 2 aliphatic rings. The fourth-order valence-electron chi connectivity index (χ4n) is 5.28. The van der Waals surface area contributed by atoms with Gasteiger partial charge in [0.1, 0.15) is 5.82 Å². The molecule has 1 aliphatic carbocycles. The first kappa shape index (κ1) is 21.3. The van der Waals surface area contributed by atoms with Gasteiger partial charge >= 0.3 is 5.56 Å². The highest BCUT2D eigenvalue weighted by molar-refractivity contribution is 5.95. The molecular weight excluding hydrogens is 390 g/mol. The molecule has 0 spiro atoms. The van der Waals surface area contributed by atoms with Crippen molar-refractivity contribution in [2.24, 2.45) is 0 Å². The van der Waals surface area contributed by atoms with Crippen molar-refractivity contribution >= 4 is 12.0 Å². The lowest BCUT2D eigenvalue weighted by molar-refractivity contribution is 0.0636. The summed E-state index contributed by atoms with van der Waals surface area (Å²) < 4.78 is 1.78. The summed E-state index contributed by atoms with van der Waals surface area (Å²) in [5.41, 5.74) is 2.73. The Balaban J connectivity index is 1.83. The second-order valence-corrected chi connectivity index (χ2v) is 9.28. The second kappa shape index (κ2) is 7.98. The molecule has 1 fully saturated rings. The number of aryl methyl sites for hydroxylation is 1. The number of amides is 1. The molecule has 4 rings (SSSR count). The molecule has 0 unspecified atom stereocenters. The molecule has 2 heterocycles. The maximum absolute atomic E-state index is 13.1. The Morgan fingerprint density at radius 3 is 2.55 bits per heavy atom. The third-order valence-corrected chi connectivity index (χ3v) is 6.90. The molecule has 0 radical (unpaired) electrons. The van der Waals surface area contributed by atoms with Gasteiger partial charge in [-0.15, -0.1) is 0 Å². The van der Waals surface area contributed by atoms with Crippen molar-refractivity contribution in [2.45, 2.75) is 70.9 Å². The molecule has 31 heavy (non-hydrogen) atoms. The number of carbonyl (C=O) groups is 1. The van der Waals surface area contributed by atoms with E-state index in [2.05, 4.69) is 36.7 Å². The zero-order valence-electron chi connectivity index (χ0n) is 18.6. The van der Waals surface area contributed by atoms with Crippen LogP contribution in [0, 0.1) is 6.92 Å². The maximum Gasteiger partial charge on any atom is 0.315 e. The molecule has 1 amide bonds. The van der Waals surface area contributed by atoms with Crippen LogP contribution in [0.15, 0.2) is 29.6 Å². The number of fused-ring (bicyclic) bond motifs is 1. The second-order valence-electron chi connectivity index (χ2n) is 9.28. The van der Waals surface area contributed by atoms with Crippen LogP contribution in [0.1, 0.15) is 72.5 Å². The quantitative estimate of drug-likeness (QED) is 0.796. The molecule has 1 saturated carbocycles. The molecule has 6 heteroatoms. The van der Waals surface area contributed by atoms with E-state index in [1.807, 2.05) is 19.9 Å². The first-order valence-corrected chi connectivity index (χ1v) is 11.1. The fraction of sp³-hybridized carbons (Fsp3) is 0.480. The summed E-state index contributed by atoms with van der Waals surface area (Å²) in [5.74, 6) is -0.244. The summed E-state index contributed by atoms with van der Waals surface area (Å²) in [5, 5.41) is 10.4. The van der Waals surface area contributed by atoms with Crippen LogP contribution in [-0.4, -0.2) is 38.1 Å². The number of aromatic nitrogens is 2. The average molecular weight is 422 g/mol. The van der Waals surface area contributed by atoms with Crippen molar-refractivity contribution < 1.29 is 9.90 Å². The van der Waals surface area contributed by atoms with E-state index in [1.165, 1.54) is 11.1 Å². The van der Waals surface area contributed by atoms with E-state index in [-0.39, 0.29) is 23.1 Å². The Labute approximate surface area is 183 Å². The van der Waals surface area contributed by atoms with Crippen molar-refractivity contribution in [3.05, 3.63) is 63.3 Å². The zero-order chi connectivity index (χ0) is 22.3. The lowest BCUT2D eigenvalue weighted by Gasteiger charge is -2.36. The van der Waals surface area contributed by atoms with E-state index in [4.69, 9.17) is 0 Å². The van der Waals surface area contributed by atoms with Crippen LogP contribution < -0.4 is 5.56 Å². The van der Waals surface area contributed by atoms with Crippen LogP contribution in [0.5, 0.6) is 5.75 Å². The van der Waals surface area contributed by atoms with Crippen LogP contribution in [0.25, 0.3) is 6.08 Å². The Morgan fingerprint density at radius 2 is 1.90 bits per heavy atom. The highest BCUT2D eigenvalue weighted by Crippen LogP contribution is 2.44. The van der Waals surface area contributed by atoms with Gasteiger partial charge in [-0.3, -0.25) is 9.59 Å². The molecular formula is C25H31N3O3. The number of rotatable bonds is 5. The number of hydrogen-bond donors (Lipinski definition) is 1. The Kier molecular flexibility index (Phi) is 5.50. The summed E-state index contributed by atoms with van der Waals surface area (Å²) >= 11 is 0. The summed E-state index contributed by atoms with van der Waals surface area (Å²) in [7, 11) is 0. The summed E-state index contributed by atoms with van der Waals surface area (Å²) in [6, 6.07) is 6.52.